The van der Waals surface area contributed by atoms with Crippen molar-refractivity contribution < 1.29 is 24.6 Å². The van der Waals surface area contributed by atoms with Crippen molar-refractivity contribution >= 4 is 28.7 Å². The van der Waals surface area contributed by atoms with Gasteiger partial charge in [0.05, 0.1) is 0 Å². The molecule has 1 heterocycles. The highest BCUT2D eigenvalue weighted by Crippen LogP contribution is 2.18. The third-order valence-corrected chi connectivity index (χ3v) is 3.30. The van der Waals surface area contributed by atoms with E-state index < -0.39 is 23.9 Å². The van der Waals surface area contributed by atoms with E-state index in [1.165, 1.54) is 0 Å². The molecule has 24 heavy (non-hydrogen) atoms. The van der Waals surface area contributed by atoms with Crippen LogP contribution in [0.3, 0.4) is 0 Å². The fourth-order valence-corrected chi connectivity index (χ4v) is 2.00. The van der Waals surface area contributed by atoms with Gasteiger partial charge in [0.1, 0.15) is 6.04 Å². The summed E-state index contributed by atoms with van der Waals surface area (Å²) in [6, 6.07) is 6.93. The molecule has 2 rings (SSSR count). The summed E-state index contributed by atoms with van der Waals surface area (Å²) < 4.78 is 0. The molecule has 8 nitrogen and oxygen atoms in total. The highest BCUT2D eigenvalue weighted by molar-refractivity contribution is 5.83. The second-order valence-corrected chi connectivity index (χ2v) is 5.20. The number of carboxylic acids is 2. The van der Waals surface area contributed by atoms with Crippen molar-refractivity contribution in [2.45, 2.75) is 31.7 Å². The summed E-state index contributed by atoms with van der Waals surface area (Å²) >= 11 is 0. The molecule has 0 spiro atoms. The minimum atomic E-state index is -1.11. The summed E-state index contributed by atoms with van der Waals surface area (Å²) in [5.41, 5.74) is 11.9. The zero-order chi connectivity index (χ0) is 18.1. The topological polar surface area (TPSA) is 160 Å². The lowest BCUT2D eigenvalue weighted by atomic mass is 10.1. The molecule has 1 atom stereocenters. The Hall–Kier alpha value is -2.87. The van der Waals surface area contributed by atoms with Gasteiger partial charge in [-0.1, -0.05) is 18.2 Å². The number of carbonyl (C=O) groups is 3. The van der Waals surface area contributed by atoms with E-state index in [1.54, 1.807) is 0 Å². The summed E-state index contributed by atoms with van der Waals surface area (Å²) in [5, 5.41) is 17.9. The third-order valence-electron chi connectivity index (χ3n) is 3.30. The molecule has 1 aromatic heterocycles. The first-order valence-electron chi connectivity index (χ1n) is 7.34. The maximum absolute atomic E-state index is 10.4. The van der Waals surface area contributed by atoms with Crippen molar-refractivity contribution in [1.29, 1.82) is 0 Å². The maximum atomic E-state index is 10.4. The zero-order valence-electron chi connectivity index (χ0n) is 13.1. The van der Waals surface area contributed by atoms with Gasteiger partial charge >= 0.3 is 11.9 Å². The predicted octanol–water partition coefficient (Wildman–Crippen LogP) is 0.849. The number of nitrogens with one attached hydrogen (secondary N) is 1. The van der Waals surface area contributed by atoms with Crippen LogP contribution >= 0.6 is 0 Å². The molecule has 1 unspecified atom stereocenters. The molecule has 0 saturated carbocycles. The van der Waals surface area contributed by atoms with Gasteiger partial charge in [-0.15, -0.1) is 0 Å². The van der Waals surface area contributed by atoms with E-state index in [0.29, 0.717) is 6.42 Å². The van der Waals surface area contributed by atoms with Crippen molar-refractivity contribution in [3.63, 3.8) is 0 Å². The van der Waals surface area contributed by atoms with Crippen LogP contribution in [0.1, 0.15) is 24.8 Å². The van der Waals surface area contributed by atoms with E-state index in [4.69, 9.17) is 21.7 Å². The number of hydrogen-bond acceptors (Lipinski definition) is 4. The Kier molecular flexibility index (Phi) is 7.44. The molecule has 0 saturated heterocycles. The fourth-order valence-electron chi connectivity index (χ4n) is 2.00. The van der Waals surface area contributed by atoms with Crippen LogP contribution in [0.15, 0.2) is 30.5 Å². The number of para-hydroxylation sites is 1. The van der Waals surface area contributed by atoms with Gasteiger partial charge < -0.3 is 26.7 Å². The number of benzene rings is 1. The van der Waals surface area contributed by atoms with Crippen LogP contribution in [-0.4, -0.2) is 39.1 Å². The normalized spacial score (nSPS) is 11.4. The number of carbonyl (C=O) groups excluding carboxylic acids is 1. The van der Waals surface area contributed by atoms with Crippen LogP contribution in [0.5, 0.6) is 0 Å². The third kappa shape index (κ3) is 6.49. The van der Waals surface area contributed by atoms with E-state index in [-0.39, 0.29) is 19.3 Å². The summed E-state index contributed by atoms with van der Waals surface area (Å²) in [6.07, 6.45) is 2.77. The molecule has 7 N–H and O–H groups in total. The number of amides is 1. The lowest BCUT2D eigenvalue weighted by molar-refractivity contribution is -0.139. The molecule has 0 aliphatic heterocycles. The number of primary amides is 1. The second-order valence-electron chi connectivity index (χ2n) is 5.20. The Morgan fingerprint density at radius 3 is 2.38 bits per heavy atom. The largest absolute Gasteiger partial charge is 0.481 e. The van der Waals surface area contributed by atoms with Crippen LogP contribution in [0.4, 0.5) is 0 Å². The first-order valence-corrected chi connectivity index (χ1v) is 7.34. The average Bonchev–Trinajstić information content (AvgIpc) is 2.94. The molecule has 1 aromatic carbocycles. The van der Waals surface area contributed by atoms with Gasteiger partial charge in [0.25, 0.3) is 0 Å². The van der Waals surface area contributed by atoms with E-state index in [0.717, 1.165) is 16.5 Å². The molecule has 0 aliphatic carbocycles. The van der Waals surface area contributed by atoms with E-state index in [9.17, 15) is 14.4 Å². The minimum Gasteiger partial charge on any atom is -0.481 e. The van der Waals surface area contributed by atoms with Gasteiger partial charge in [0.2, 0.25) is 5.91 Å². The van der Waals surface area contributed by atoms with Crippen LogP contribution < -0.4 is 11.5 Å². The smallest absolute Gasteiger partial charge is 0.320 e. The van der Waals surface area contributed by atoms with Crippen LogP contribution in [0.2, 0.25) is 0 Å². The number of fused-ring (bicyclic) bond motifs is 1. The van der Waals surface area contributed by atoms with Gasteiger partial charge in [-0.05, 0) is 24.5 Å². The van der Waals surface area contributed by atoms with Crippen LogP contribution in [-0.2, 0) is 20.8 Å². The number of nitrogens with two attached hydrogens (primary N) is 2. The number of aryl methyl sites for hydroxylation is 1. The lowest BCUT2D eigenvalue weighted by Gasteiger charge is -2.01. The Bertz CT molecular complexity index is 711. The molecule has 0 fully saturated rings. The van der Waals surface area contributed by atoms with Crippen molar-refractivity contribution in [3.8, 4) is 0 Å². The number of hydrogen-bond donors (Lipinski definition) is 5. The van der Waals surface area contributed by atoms with Gasteiger partial charge in [-0.3, -0.25) is 14.4 Å². The number of aliphatic carboxylic acids is 2. The van der Waals surface area contributed by atoms with Crippen molar-refractivity contribution in [3.05, 3.63) is 36.0 Å². The van der Waals surface area contributed by atoms with Gasteiger partial charge in [0, 0.05) is 29.9 Å². The van der Waals surface area contributed by atoms with Gasteiger partial charge in [-0.2, -0.15) is 0 Å². The molecule has 0 aliphatic rings. The summed E-state index contributed by atoms with van der Waals surface area (Å²) in [7, 11) is 0. The molecule has 8 heteroatoms. The molecular weight excluding hydrogens is 314 g/mol. The predicted molar refractivity (Wildman–Crippen MR) is 88.3 cm³/mol. The van der Waals surface area contributed by atoms with Crippen LogP contribution in [0, 0.1) is 0 Å². The maximum Gasteiger partial charge on any atom is 0.320 e. The molecular formula is C16H21N3O5. The number of aromatic amines is 1. The van der Waals surface area contributed by atoms with E-state index in [1.807, 2.05) is 30.5 Å². The van der Waals surface area contributed by atoms with Crippen LogP contribution in [0.25, 0.3) is 10.9 Å². The Balaban J connectivity index is 0.000000257. The molecule has 1 amide bonds. The Morgan fingerprint density at radius 2 is 1.79 bits per heavy atom. The average molecular weight is 335 g/mol. The quantitative estimate of drug-likeness (QED) is 0.504. The minimum absolute atomic E-state index is 0.0213. The lowest BCUT2D eigenvalue weighted by Crippen LogP contribution is -2.31. The molecule has 0 bridgehead atoms. The van der Waals surface area contributed by atoms with E-state index >= 15 is 0 Å². The monoisotopic (exact) mass is 335 g/mol. The number of H-pyrrole nitrogens is 1. The summed E-state index contributed by atoms with van der Waals surface area (Å²) in [4.78, 5) is 33.7. The molecule has 2 aromatic rings. The van der Waals surface area contributed by atoms with E-state index in [2.05, 4.69) is 4.98 Å². The second kappa shape index (κ2) is 9.31. The van der Waals surface area contributed by atoms with Crippen molar-refractivity contribution in [2.75, 3.05) is 0 Å². The number of aromatic nitrogens is 1. The summed E-state index contributed by atoms with van der Waals surface area (Å²) in [5.74, 6) is -2.40. The van der Waals surface area contributed by atoms with Crippen molar-refractivity contribution in [1.82, 2.24) is 4.98 Å². The first kappa shape index (κ1) is 19.2. The number of rotatable bonds is 7. The Morgan fingerprint density at radius 1 is 1.12 bits per heavy atom. The SMILES string of the molecule is NC(=O)CCC(N)C(=O)O.O=C(O)CCc1c[nH]c2ccccc12. The first-order chi connectivity index (χ1) is 11.3. The molecule has 0 radical (unpaired) electrons. The van der Waals surface area contributed by atoms with Gasteiger partial charge in [0.15, 0.2) is 0 Å². The Labute approximate surface area is 138 Å². The number of carboxylic acid groups (broad SMARTS) is 2. The van der Waals surface area contributed by atoms with Crippen molar-refractivity contribution in [2.24, 2.45) is 11.5 Å². The zero-order valence-corrected chi connectivity index (χ0v) is 13.1. The summed E-state index contributed by atoms with van der Waals surface area (Å²) in [6.45, 7) is 0. The molecule has 130 valence electrons. The standard InChI is InChI=1S/C11H11NO2.C5H10N2O3/c13-11(14)6-5-8-7-12-10-4-2-1-3-9(8)10;6-3(5(9)10)1-2-4(7)8/h1-4,7,12H,5-6H2,(H,13,14);3H,1-2,6H2,(H2,7,8)(H,9,10). The highest BCUT2D eigenvalue weighted by Gasteiger charge is 2.11. The highest BCUT2D eigenvalue weighted by atomic mass is 16.4. The fraction of sp³-hybridized carbons (Fsp3) is 0.312. The van der Waals surface area contributed by atoms with Gasteiger partial charge in [-0.25, -0.2) is 0 Å².